The minimum absolute atomic E-state index is 0.140. The van der Waals surface area contributed by atoms with Gasteiger partial charge in [-0.25, -0.2) is 4.98 Å². The Kier molecular flexibility index (Phi) is 4.67. The molecule has 0 saturated heterocycles. The van der Waals surface area contributed by atoms with Crippen LogP contribution >= 0.6 is 0 Å². The molecule has 3 heterocycles. The highest BCUT2D eigenvalue weighted by Crippen LogP contribution is 2.22. The highest BCUT2D eigenvalue weighted by atomic mass is 16.1. The molecule has 0 unspecified atom stereocenters. The second-order valence-corrected chi connectivity index (χ2v) is 6.44. The van der Waals surface area contributed by atoms with Gasteiger partial charge in [0.2, 0.25) is 5.95 Å². The molecule has 2 aromatic heterocycles. The first-order valence-electron chi connectivity index (χ1n) is 8.75. The number of amides is 1. The van der Waals surface area contributed by atoms with Crippen LogP contribution in [0.3, 0.4) is 0 Å². The van der Waals surface area contributed by atoms with Crippen LogP contribution in [-0.4, -0.2) is 49.2 Å². The SMILES string of the molecule is CC1=NC[C@H](Nc2ncc(C(N)=O)c(Nc3cccc(-n4nccn4)c3)n2)C1. The molecule has 0 aliphatic carbocycles. The molecule has 4 rings (SSSR count). The van der Waals surface area contributed by atoms with Gasteiger partial charge < -0.3 is 16.4 Å². The molecule has 4 N–H and O–H groups in total. The van der Waals surface area contributed by atoms with Crippen molar-refractivity contribution in [2.45, 2.75) is 19.4 Å². The van der Waals surface area contributed by atoms with Gasteiger partial charge in [-0.1, -0.05) is 6.07 Å². The van der Waals surface area contributed by atoms with E-state index in [0.717, 1.165) is 17.8 Å². The average molecular weight is 377 g/mol. The number of nitrogens with two attached hydrogens (primary N) is 1. The third-order valence-electron chi connectivity index (χ3n) is 4.27. The lowest BCUT2D eigenvalue weighted by atomic mass is 10.2. The molecule has 0 fully saturated rings. The highest BCUT2D eigenvalue weighted by molar-refractivity contribution is 5.98. The Labute approximate surface area is 160 Å². The number of nitrogens with one attached hydrogen (secondary N) is 2. The van der Waals surface area contributed by atoms with Crippen molar-refractivity contribution in [1.29, 1.82) is 0 Å². The van der Waals surface area contributed by atoms with Gasteiger partial charge in [-0.05, 0) is 25.1 Å². The molecule has 1 aromatic carbocycles. The lowest BCUT2D eigenvalue weighted by Crippen LogP contribution is -2.23. The molecule has 0 saturated carbocycles. The summed E-state index contributed by atoms with van der Waals surface area (Å²) in [6.07, 6.45) is 5.45. The van der Waals surface area contributed by atoms with Gasteiger partial charge in [0.1, 0.15) is 11.4 Å². The molecule has 142 valence electrons. The van der Waals surface area contributed by atoms with Gasteiger partial charge >= 0.3 is 0 Å². The van der Waals surface area contributed by atoms with E-state index in [1.54, 1.807) is 12.4 Å². The van der Waals surface area contributed by atoms with Crippen LogP contribution in [0.15, 0.2) is 47.8 Å². The number of anilines is 3. The second kappa shape index (κ2) is 7.43. The van der Waals surface area contributed by atoms with Gasteiger partial charge in [0, 0.05) is 24.0 Å². The van der Waals surface area contributed by atoms with Crippen LogP contribution in [0, 0.1) is 0 Å². The second-order valence-electron chi connectivity index (χ2n) is 6.44. The summed E-state index contributed by atoms with van der Waals surface area (Å²) in [5, 5.41) is 14.6. The minimum atomic E-state index is -0.612. The zero-order valence-electron chi connectivity index (χ0n) is 15.2. The molecule has 0 radical (unpaired) electrons. The van der Waals surface area contributed by atoms with Crippen molar-refractivity contribution >= 4 is 29.1 Å². The van der Waals surface area contributed by atoms with E-state index in [4.69, 9.17) is 5.73 Å². The van der Waals surface area contributed by atoms with Crippen molar-refractivity contribution in [3.8, 4) is 5.69 Å². The Bertz CT molecular complexity index is 1030. The first kappa shape index (κ1) is 17.6. The lowest BCUT2D eigenvalue weighted by molar-refractivity contribution is 0.100. The summed E-state index contributed by atoms with van der Waals surface area (Å²) in [5.41, 5.74) is 8.25. The zero-order valence-corrected chi connectivity index (χ0v) is 15.2. The molecule has 28 heavy (non-hydrogen) atoms. The summed E-state index contributed by atoms with van der Waals surface area (Å²) in [6, 6.07) is 7.55. The number of aliphatic imine (C=N–C) groups is 1. The lowest BCUT2D eigenvalue weighted by Gasteiger charge is -2.14. The molecular formula is C18H19N9O. The first-order chi connectivity index (χ1) is 13.6. The van der Waals surface area contributed by atoms with E-state index >= 15 is 0 Å². The number of aromatic nitrogens is 5. The molecule has 0 spiro atoms. The fraction of sp³-hybridized carbons (Fsp3) is 0.222. The van der Waals surface area contributed by atoms with Crippen molar-refractivity contribution in [3.63, 3.8) is 0 Å². The van der Waals surface area contributed by atoms with Gasteiger partial charge in [0.15, 0.2) is 0 Å². The number of primary amides is 1. The third kappa shape index (κ3) is 3.80. The molecule has 10 heteroatoms. The fourth-order valence-electron chi connectivity index (χ4n) is 2.95. The summed E-state index contributed by atoms with van der Waals surface area (Å²) in [4.78, 5) is 26.3. The Morgan fingerprint density at radius 2 is 2.11 bits per heavy atom. The topological polar surface area (TPSA) is 136 Å². The van der Waals surface area contributed by atoms with E-state index in [1.165, 1.54) is 11.0 Å². The summed E-state index contributed by atoms with van der Waals surface area (Å²) in [5.74, 6) is 0.123. The van der Waals surface area contributed by atoms with Crippen molar-refractivity contribution in [2.75, 3.05) is 17.2 Å². The standard InChI is InChI=1S/C18H19N9O/c1-11-7-13(9-20-11)25-18-21-10-15(16(19)28)17(26-18)24-12-3-2-4-14(8-12)27-22-5-6-23-27/h2-6,8,10,13H,7,9H2,1H3,(H2,19,28)(H2,21,24,25,26)/t13-/m1/s1. The van der Waals surface area contributed by atoms with Crippen LogP contribution in [-0.2, 0) is 0 Å². The van der Waals surface area contributed by atoms with E-state index in [9.17, 15) is 4.79 Å². The maximum Gasteiger partial charge on any atom is 0.254 e. The van der Waals surface area contributed by atoms with Crippen molar-refractivity contribution in [3.05, 3.63) is 48.4 Å². The largest absolute Gasteiger partial charge is 0.365 e. The maximum atomic E-state index is 11.8. The summed E-state index contributed by atoms with van der Waals surface area (Å²) < 4.78 is 0. The van der Waals surface area contributed by atoms with Gasteiger partial charge in [-0.3, -0.25) is 9.79 Å². The number of hydrogen-bond donors (Lipinski definition) is 3. The number of benzene rings is 1. The van der Waals surface area contributed by atoms with Crippen molar-refractivity contribution < 1.29 is 4.79 Å². The van der Waals surface area contributed by atoms with Crippen LogP contribution in [0.4, 0.5) is 17.5 Å². The van der Waals surface area contributed by atoms with Gasteiger partial charge in [-0.15, -0.1) is 0 Å². The van der Waals surface area contributed by atoms with E-state index in [0.29, 0.717) is 24.0 Å². The molecule has 1 amide bonds. The molecule has 1 atom stereocenters. The van der Waals surface area contributed by atoms with Gasteiger partial charge in [-0.2, -0.15) is 20.0 Å². The number of carbonyl (C=O) groups is 1. The van der Waals surface area contributed by atoms with Crippen molar-refractivity contribution in [1.82, 2.24) is 25.0 Å². The number of nitrogens with zero attached hydrogens (tertiary/aromatic N) is 6. The predicted octanol–water partition coefficient (Wildman–Crippen LogP) is 1.54. The van der Waals surface area contributed by atoms with Crippen LogP contribution < -0.4 is 16.4 Å². The first-order valence-corrected chi connectivity index (χ1v) is 8.75. The Morgan fingerprint density at radius 1 is 1.29 bits per heavy atom. The van der Waals surface area contributed by atoms with E-state index < -0.39 is 5.91 Å². The summed E-state index contributed by atoms with van der Waals surface area (Å²) in [6.45, 7) is 2.67. The summed E-state index contributed by atoms with van der Waals surface area (Å²) >= 11 is 0. The number of hydrogen-bond acceptors (Lipinski definition) is 8. The number of carbonyl (C=O) groups excluding carboxylic acids is 1. The normalized spacial score (nSPS) is 15.9. The Hall–Kier alpha value is -3.82. The molecule has 0 bridgehead atoms. The van der Waals surface area contributed by atoms with Crippen LogP contribution in [0.25, 0.3) is 5.69 Å². The number of rotatable bonds is 6. The van der Waals surface area contributed by atoms with Crippen molar-refractivity contribution in [2.24, 2.45) is 10.7 Å². The molecule has 1 aliphatic rings. The molecule has 1 aliphatic heterocycles. The Balaban J connectivity index is 1.59. The van der Waals surface area contributed by atoms with E-state index in [-0.39, 0.29) is 11.6 Å². The maximum absolute atomic E-state index is 11.8. The molecule has 3 aromatic rings. The minimum Gasteiger partial charge on any atom is -0.365 e. The zero-order chi connectivity index (χ0) is 19.5. The summed E-state index contributed by atoms with van der Waals surface area (Å²) in [7, 11) is 0. The average Bonchev–Trinajstić information content (AvgIpc) is 3.34. The monoisotopic (exact) mass is 377 g/mol. The van der Waals surface area contributed by atoms with Gasteiger partial charge in [0.05, 0.1) is 30.7 Å². The molecular weight excluding hydrogens is 358 g/mol. The van der Waals surface area contributed by atoms with Gasteiger partial charge in [0.25, 0.3) is 5.91 Å². The quantitative estimate of drug-likeness (QED) is 0.593. The van der Waals surface area contributed by atoms with E-state index in [2.05, 4.69) is 35.8 Å². The van der Waals surface area contributed by atoms with E-state index in [1.807, 2.05) is 31.2 Å². The molecule has 10 nitrogen and oxygen atoms in total. The van der Waals surface area contributed by atoms with Crippen LogP contribution in [0.5, 0.6) is 0 Å². The highest BCUT2D eigenvalue weighted by Gasteiger charge is 2.18. The predicted molar refractivity (Wildman–Crippen MR) is 105 cm³/mol. The van der Waals surface area contributed by atoms with Crippen LogP contribution in [0.2, 0.25) is 0 Å². The smallest absolute Gasteiger partial charge is 0.254 e. The van der Waals surface area contributed by atoms with Crippen LogP contribution in [0.1, 0.15) is 23.7 Å². The third-order valence-corrected chi connectivity index (χ3v) is 4.27. The fourth-order valence-corrected chi connectivity index (χ4v) is 2.95. The Morgan fingerprint density at radius 3 is 2.82 bits per heavy atom.